The van der Waals surface area contributed by atoms with Gasteiger partial charge in [0, 0.05) is 11.1 Å². The second-order valence-corrected chi connectivity index (χ2v) is 3.79. The molecule has 0 aliphatic rings. The third-order valence-corrected chi connectivity index (χ3v) is 2.11. The number of anilines is 1. The summed E-state index contributed by atoms with van der Waals surface area (Å²) in [5, 5.41) is 6.20. The largest absolute Gasteiger partial charge is 0.461 e. The monoisotopic (exact) mass is 227 g/mol. The lowest BCUT2D eigenvalue weighted by Crippen LogP contribution is -2.05. The fourth-order valence-corrected chi connectivity index (χ4v) is 1.41. The molecule has 0 unspecified atom stereocenters. The number of ether oxygens (including phenoxy) is 1. The summed E-state index contributed by atoms with van der Waals surface area (Å²) < 4.78 is 4.81. The molecule has 0 radical (unpaired) electrons. The SMILES string of the molecule is CCOC(=O)c1csc(NN=C(C)C)n1. The summed E-state index contributed by atoms with van der Waals surface area (Å²) in [6.45, 7) is 5.85. The first-order valence-corrected chi connectivity index (χ1v) is 5.41. The molecule has 0 amide bonds. The number of nitrogens with one attached hydrogen (secondary N) is 1. The molecule has 6 heteroatoms. The molecule has 0 bridgehead atoms. The Hall–Kier alpha value is -1.43. The van der Waals surface area contributed by atoms with Gasteiger partial charge in [-0.05, 0) is 20.8 Å². The van der Waals surface area contributed by atoms with E-state index >= 15 is 0 Å². The van der Waals surface area contributed by atoms with Crippen molar-refractivity contribution in [3.63, 3.8) is 0 Å². The van der Waals surface area contributed by atoms with Crippen LogP contribution in [-0.4, -0.2) is 23.3 Å². The van der Waals surface area contributed by atoms with Gasteiger partial charge in [-0.15, -0.1) is 11.3 Å². The van der Waals surface area contributed by atoms with Crippen molar-refractivity contribution in [3.05, 3.63) is 11.1 Å². The first-order valence-electron chi connectivity index (χ1n) is 4.53. The number of nitrogens with zero attached hydrogens (tertiary/aromatic N) is 2. The first-order chi connectivity index (χ1) is 7.13. The van der Waals surface area contributed by atoms with Crippen molar-refractivity contribution in [2.45, 2.75) is 20.8 Å². The maximum atomic E-state index is 11.3. The zero-order valence-corrected chi connectivity index (χ0v) is 9.72. The van der Waals surface area contributed by atoms with Crippen LogP contribution < -0.4 is 5.43 Å². The maximum Gasteiger partial charge on any atom is 0.357 e. The van der Waals surface area contributed by atoms with Gasteiger partial charge in [-0.1, -0.05) is 0 Å². The minimum absolute atomic E-state index is 0.313. The number of carbonyl (C=O) groups excluding carboxylic acids is 1. The van der Waals surface area contributed by atoms with Gasteiger partial charge in [-0.2, -0.15) is 5.10 Å². The molecule has 5 nitrogen and oxygen atoms in total. The molecule has 15 heavy (non-hydrogen) atoms. The predicted molar refractivity (Wildman–Crippen MR) is 60.5 cm³/mol. The first kappa shape index (κ1) is 11.6. The van der Waals surface area contributed by atoms with E-state index in [0.717, 1.165) is 5.71 Å². The average molecular weight is 227 g/mol. The molecule has 0 atom stereocenters. The van der Waals surface area contributed by atoms with E-state index in [1.807, 2.05) is 13.8 Å². The van der Waals surface area contributed by atoms with Crippen LogP contribution in [0.5, 0.6) is 0 Å². The standard InChI is InChI=1S/C9H13N3O2S/c1-4-14-8(13)7-5-15-9(10-7)12-11-6(2)3/h5H,4H2,1-3H3,(H,10,12). The topological polar surface area (TPSA) is 63.6 Å². The van der Waals surface area contributed by atoms with Gasteiger partial charge < -0.3 is 4.74 Å². The summed E-state index contributed by atoms with van der Waals surface area (Å²) in [5.74, 6) is -0.404. The van der Waals surface area contributed by atoms with Crippen molar-refractivity contribution < 1.29 is 9.53 Å². The Labute approximate surface area is 92.2 Å². The third-order valence-electron chi connectivity index (χ3n) is 1.36. The fraction of sp³-hybridized carbons (Fsp3) is 0.444. The van der Waals surface area contributed by atoms with Crippen LogP contribution in [0.25, 0.3) is 0 Å². The number of aromatic nitrogens is 1. The van der Waals surface area contributed by atoms with Gasteiger partial charge in [0.15, 0.2) is 5.69 Å². The smallest absolute Gasteiger partial charge is 0.357 e. The van der Waals surface area contributed by atoms with Crippen molar-refractivity contribution in [1.82, 2.24) is 4.98 Å². The van der Waals surface area contributed by atoms with E-state index in [1.54, 1.807) is 12.3 Å². The van der Waals surface area contributed by atoms with Crippen LogP contribution in [0.15, 0.2) is 10.5 Å². The summed E-state index contributed by atoms with van der Waals surface area (Å²) in [6.07, 6.45) is 0. The van der Waals surface area contributed by atoms with Crippen LogP contribution in [0.3, 0.4) is 0 Å². The molecule has 0 aromatic carbocycles. The molecule has 0 aliphatic carbocycles. The Morgan fingerprint density at radius 1 is 1.67 bits per heavy atom. The molecule has 0 spiro atoms. The van der Waals surface area contributed by atoms with Crippen molar-refractivity contribution in [1.29, 1.82) is 0 Å². The third kappa shape index (κ3) is 3.67. The minimum Gasteiger partial charge on any atom is -0.461 e. The van der Waals surface area contributed by atoms with E-state index in [9.17, 15) is 4.79 Å². The summed E-state index contributed by atoms with van der Waals surface area (Å²) in [7, 11) is 0. The highest BCUT2D eigenvalue weighted by atomic mass is 32.1. The normalized spacial score (nSPS) is 9.53. The van der Waals surface area contributed by atoms with E-state index in [4.69, 9.17) is 4.74 Å². The van der Waals surface area contributed by atoms with E-state index in [-0.39, 0.29) is 0 Å². The molecule has 0 aliphatic heterocycles. The van der Waals surface area contributed by atoms with Crippen molar-refractivity contribution in [2.24, 2.45) is 5.10 Å². The van der Waals surface area contributed by atoms with Crippen LogP contribution in [0, 0.1) is 0 Å². The Morgan fingerprint density at radius 2 is 2.40 bits per heavy atom. The summed E-state index contributed by atoms with van der Waals surface area (Å²) in [4.78, 5) is 15.3. The lowest BCUT2D eigenvalue weighted by atomic mass is 10.5. The van der Waals surface area contributed by atoms with Crippen molar-refractivity contribution in [3.8, 4) is 0 Å². The second kappa shape index (κ2) is 5.45. The number of carbonyl (C=O) groups is 1. The Bertz CT molecular complexity index is 369. The fourth-order valence-electron chi connectivity index (χ4n) is 0.784. The maximum absolute atomic E-state index is 11.3. The van der Waals surface area contributed by atoms with Crippen LogP contribution in [-0.2, 0) is 4.74 Å². The molecule has 0 fully saturated rings. The Morgan fingerprint density at radius 3 is 3.00 bits per heavy atom. The number of esters is 1. The molecule has 1 aromatic rings. The van der Waals surface area contributed by atoms with Gasteiger partial charge in [0.05, 0.1) is 6.61 Å². The van der Waals surface area contributed by atoms with Gasteiger partial charge in [-0.3, -0.25) is 5.43 Å². The molecular weight excluding hydrogens is 214 g/mol. The molecule has 1 N–H and O–H groups in total. The highest BCUT2D eigenvalue weighted by Crippen LogP contribution is 2.15. The molecule has 1 heterocycles. The van der Waals surface area contributed by atoms with Crippen LogP contribution in [0.2, 0.25) is 0 Å². The number of hydrogen-bond donors (Lipinski definition) is 1. The van der Waals surface area contributed by atoms with E-state index in [0.29, 0.717) is 17.4 Å². The number of thiazole rings is 1. The predicted octanol–water partition coefficient (Wildman–Crippen LogP) is 2.13. The van der Waals surface area contributed by atoms with E-state index in [1.165, 1.54) is 11.3 Å². The van der Waals surface area contributed by atoms with E-state index < -0.39 is 5.97 Å². The number of hydrogen-bond acceptors (Lipinski definition) is 6. The van der Waals surface area contributed by atoms with E-state index in [2.05, 4.69) is 15.5 Å². The lowest BCUT2D eigenvalue weighted by molar-refractivity contribution is 0.0520. The van der Waals surface area contributed by atoms with Crippen molar-refractivity contribution in [2.75, 3.05) is 12.0 Å². The lowest BCUT2D eigenvalue weighted by Gasteiger charge is -1.96. The van der Waals surface area contributed by atoms with Gasteiger partial charge >= 0.3 is 5.97 Å². The average Bonchev–Trinajstić information content (AvgIpc) is 2.63. The molecule has 1 rings (SSSR count). The molecule has 0 saturated heterocycles. The zero-order valence-electron chi connectivity index (χ0n) is 8.90. The van der Waals surface area contributed by atoms with Gasteiger partial charge in [0.25, 0.3) is 0 Å². The van der Waals surface area contributed by atoms with Gasteiger partial charge in [-0.25, -0.2) is 9.78 Å². The summed E-state index contributed by atoms with van der Waals surface area (Å²) in [6, 6.07) is 0. The molecule has 82 valence electrons. The van der Waals surface area contributed by atoms with Crippen molar-refractivity contribution >= 4 is 28.1 Å². The number of hydrazone groups is 1. The van der Waals surface area contributed by atoms with Gasteiger partial charge in [0.1, 0.15) is 0 Å². The Balaban J connectivity index is 2.64. The minimum atomic E-state index is -0.404. The molecule has 0 saturated carbocycles. The molecular formula is C9H13N3O2S. The van der Waals surface area contributed by atoms with Crippen LogP contribution in [0.4, 0.5) is 5.13 Å². The van der Waals surface area contributed by atoms with Crippen LogP contribution >= 0.6 is 11.3 Å². The summed E-state index contributed by atoms with van der Waals surface area (Å²) in [5.41, 5.74) is 3.95. The highest BCUT2D eigenvalue weighted by molar-refractivity contribution is 7.13. The molecule has 1 aromatic heterocycles. The summed E-state index contributed by atoms with van der Waals surface area (Å²) >= 11 is 1.32. The second-order valence-electron chi connectivity index (χ2n) is 2.93. The zero-order chi connectivity index (χ0) is 11.3. The van der Waals surface area contributed by atoms with Crippen LogP contribution in [0.1, 0.15) is 31.3 Å². The van der Waals surface area contributed by atoms with Gasteiger partial charge in [0.2, 0.25) is 5.13 Å². The number of rotatable bonds is 4. The Kier molecular flexibility index (Phi) is 4.23. The quantitative estimate of drug-likeness (QED) is 0.486. The highest BCUT2D eigenvalue weighted by Gasteiger charge is 2.10.